The van der Waals surface area contributed by atoms with Crippen LogP contribution in [0.15, 0.2) is 53.7 Å². The molecule has 0 radical (unpaired) electrons. The first kappa shape index (κ1) is 21.0. The molecule has 2 aromatic heterocycles. The van der Waals surface area contributed by atoms with Crippen molar-refractivity contribution in [3.8, 4) is 0 Å². The Labute approximate surface area is 173 Å². The summed E-state index contributed by atoms with van der Waals surface area (Å²) in [7, 11) is -3.86. The molecule has 1 aromatic carbocycles. The van der Waals surface area contributed by atoms with Crippen molar-refractivity contribution in [1.82, 2.24) is 14.3 Å². The van der Waals surface area contributed by atoms with Crippen molar-refractivity contribution in [3.63, 3.8) is 0 Å². The van der Waals surface area contributed by atoms with Gasteiger partial charge in [-0.1, -0.05) is 18.2 Å². The number of nitrogens with one attached hydrogen (secondary N) is 2. The molecule has 3 heterocycles. The molecule has 0 aliphatic carbocycles. The van der Waals surface area contributed by atoms with E-state index in [4.69, 9.17) is 0 Å². The number of pyridine rings is 1. The number of piperidine rings is 1. The zero-order valence-electron chi connectivity index (χ0n) is 15.3. The van der Waals surface area contributed by atoms with E-state index in [0.717, 1.165) is 29.6 Å². The van der Waals surface area contributed by atoms with Crippen LogP contribution < -0.4 is 10.6 Å². The number of nitrogens with zero attached hydrogens (tertiary/aromatic N) is 3. The summed E-state index contributed by atoms with van der Waals surface area (Å²) in [6.07, 6.45) is 4.33. The zero-order chi connectivity index (χ0) is 19.7. The number of benzene rings is 1. The lowest BCUT2D eigenvalue weighted by atomic mass is 10.1. The molecular formula is C18H20ClN5O4S. The number of anilines is 1. The average molecular weight is 438 g/mol. The summed E-state index contributed by atoms with van der Waals surface area (Å²) < 4.78 is 27.0. The Kier molecular flexibility index (Phi) is 6.06. The smallest absolute Gasteiger partial charge is 0.311 e. The van der Waals surface area contributed by atoms with Crippen molar-refractivity contribution >= 4 is 44.8 Å². The molecule has 0 spiro atoms. The Hall–Kier alpha value is -2.69. The van der Waals surface area contributed by atoms with Gasteiger partial charge in [-0.05, 0) is 37.6 Å². The van der Waals surface area contributed by atoms with Gasteiger partial charge in [-0.3, -0.25) is 10.1 Å². The van der Waals surface area contributed by atoms with Gasteiger partial charge >= 0.3 is 5.69 Å². The van der Waals surface area contributed by atoms with E-state index in [1.54, 1.807) is 24.3 Å². The summed E-state index contributed by atoms with van der Waals surface area (Å²) in [4.78, 5) is 15.2. The predicted octanol–water partition coefficient (Wildman–Crippen LogP) is 2.77. The molecule has 0 bridgehead atoms. The van der Waals surface area contributed by atoms with Crippen molar-refractivity contribution in [1.29, 1.82) is 0 Å². The summed E-state index contributed by atoms with van der Waals surface area (Å²) in [5.41, 5.74) is 0.277. The van der Waals surface area contributed by atoms with Gasteiger partial charge in [0.05, 0.1) is 15.2 Å². The van der Waals surface area contributed by atoms with Crippen molar-refractivity contribution < 1.29 is 13.3 Å². The quantitative estimate of drug-likeness (QED) is 0.465. The molecule has 0 saturated carbocycles. The van der Waals surface area contributed by atoms with Gasteiger partial charge in [0.25, 0.3) is 10.0 Å². The number of aromatic nitrogens is 2. The molecule has 11 heteroatoms. The summed E-state index contributed by atoms with van der Waals surface area (Å²) in [6, 6.07) is 9.58. The second kappa shape index (κ2) is 8.36. The molecule has 0 amide bonds. The summed E-state index contributed by atoms with van der Waals surface area (Å²) in [6.45, 7) is 1.60. The van der Waals surface area contributed by atoms with E-state index in [1.165, 1.54) is 18.3 Å². The third-order valence-corrected chi connectivity index (χ3v) is 6.48. The lowest BCUT2D eigenvalue weighted by molar-refractivity contribution is -0.384. The highest BCUT2D eigenvalue weighted by molar-refractivity contribution is 7.90. The molecule has 154 valence electrons. The van der Waals surface area contributed by atoms with Crippen LogP contribution in [0.25, 0.3) is 11.0 Å². The van der Waals surface area contributed by atoms with Gasteiger partial charge in [0, 0.05) is 18.8 Å². The van der Waals surface area contributed by atoms with Gasteiger partial charge in [-0.15, -0.1) is 12.4 Å². The monoisotopic (exact) mass is 437 g/mol. The maximum Gasteiger partial charge on any atom is 0.311 e. The van der Waals surface area contributed by atoms with Crippen LogP contribution in [0.2, 0.25) is 0 Å². The van der Waals surface area contributed by atoms with E-state index in [-0.39, 0.29) is 34.7 Å². The molecule has 1 fully saturated rings. The fourth-order valence-electron chi connectivity index (χ4n) is 3.42. The van der Waals surface area contributed by atoms with Crippen LogP contribution >= 0.6 is 12.4 Å². The van der Waals surface area contributed by atoms with Gasteiger partial charge < -0.3 is 10.6 Å². The average Bonchev–Trinajstić information content (AvgIpc) is 3.15. The van der Waals surface area contributed by atoms with Gasteiger partial charge in [0.15, 0.2) is 5.65 Å². The fourth-order valence-corrected chi connectivity index (χ4v) is 4.74. The minimum Gasteiger partial charge on any atom is -0.375 e. The standard InChI is InChI=1S/C18H19N5O4S.ClH/c24-23(25)16-12-20-18-15(17(16)21-13-5-4-9-19-11-13)8-10-22(18)28(26,27)14-6-2-1-3-7-14;/h1-3,6-8,10,12-13,19H,4-5,9,11H2,(H,20,21);1H. The number of rotatable bonds is 5. The normalized spacial score (nSPS) is 16.9. The maximum absolute atomic E-state index is 13.0. The lowest BCUT2D eigenvalue weighted by Crippen LogP contribution is -2.38. The molecule has 1 aliphatic rings. The van der Waals surface area contributed by atoms with E-state index in [1.807, 2.05) is 0 Å². The molecule has 3 aromatic rings. The van der Waals surface area contributed by atoms with Crippen LogP contribution in [0, 0.1) is 10.1 Å². The minimum absolute atomic E-state index is 0. The zero-order valence-corrected chi connectivity index (χ0v) is 16.9. The van der Waals surface area contributed by atoms with Crippen LogP contribution in [0.5, 0.6) is 0 Å². The third-order valence-electron chi connectivity index (χ3n) is 4.80. The Bertz CT molecular complexity index is 1130. The first-order valence-electron chi connectivity index (χ1n) is 8.91. The Balaban J connectivity index is 0.00000240. The largest absolute Gasteiger partial charge is 0.375 e. The van der Waals surface area contributed by atoms with E-state index < -0.39 is 14.9 Å². The topological polar surface area (TPSA) is 119 Å². The number of nitro groups is 1. The van der Waals surface area contributed by atoms with Crippen molar-refractivity contribution in [2.75, 3.05) is 18.4 Å². The molecular weight excluding hydrogens is 418 g/mol. The van der Waals surface area contributed by atoms with Crippen LogP contribution in [-0.2, 0) is 10.0 Å². The third kappa shape index (κ3) is 3.91. The summed E-state index contributed by atoms with van der Waals surface area (Å²) >= 11 is 0. The molecule has 1 saturated heterocycles. The number of fused-ring (bicyclic) bond motifs is 1. The molecule has 2 N–H and O–H groups in total. The van der Waals surface area contributed by atoms with Crippen LogP contribution in [0.1, 0.15) is 12.8 Å². The lowest BCUT2D eigenvalue weighted by Gasteiger charge is -2.24. The SMILES string of the molecule is Cl.O=[N+]([O-])c1cnc2c(ccn2S(=O)(=O)c2ccccc2)c1NC1CCCNC1. The Morgan fingerprint density at radius 3 is 2.66 bits per heavy atom. The molecule has 1 aliphatic heterocycles. The number of hydrogen-bond donors (Lipinski definition) is 2. The minimum atomic E-state index is -3.86. The highest BCUT2D eigenvalue weighted by Crippen LogP contribution is 2.34. The first-order chi connectivity index (χ1) is 13.5. The van der Waals surface area contributed by atoms with Crippen LogP contribution in [-0.4, -0.2) is 41.4 Å². The Morgan fingerprint density at radius 1 is 1.24 bits per heavy atom. The van der Waals surface area contributed by atoms with Gasteiger partial charge in [-0.2, -0.15) is 0 Å². The number of halogens is 1. The second-order valence-corrected chi connectivity index (χ2v) is 8.45. The van der Waals surface area contributed by atoms with Gasteiger partial charge in [-0.25, -0.2) is 17.4 Å². The van der Waals surface area contributed by atoms with E-state index in [2.05, 4.69) is 15.6 Å². The molecule has 4 rings (SSSR count). The van der Waals surface area contributed by atoms with Crippen LogP contribution in [0.3, 0.4) is 0 Å². The van der Waals surface area contributed by atoms with Crippen molar-refractivity contribution in [3.05, 3.63) is 58.9 Å². The molecule has 1 atom stereocenters. The molecule has 9 nitrogen and oxygen atoms in total. The number of hydrogen-bond acceptors (Lipinski definition) is 7. The summed E-state index contributed by atoms with van der Waals surface area (Å²) in [5.74, 6) is 0. The van der Waals surface area contributed by atoms with Crippen molar-refractivity contribution in [2.45, 2.75) is 23.8 Å². The second-order valence-electron chi connectivity index (χ2n) is 6.63. The van der Waals surface area contributed by atoms with E-state index in [9.17, 15) is 18.5 Å². The van der Waals surface area contributed by atoms with Crippen molar-refractivity contribution in [2.24, 2.45) is 0 Å². The molecule has 1 unspecified atom stereocenters. The van der Waals surface area contributed by atoms with Crippen LogP contribution in [0.4, 0.5) is 11.4 Å². The predicted molar refractivity (Wildman–Crippen MR) is 112 cm³/mol. The van der Waals surface area contributed by atoms with E-state index >= 15 is 0 Å². The Morgan fingerprint density at radius 2 is 2.00 bits per heavy atom. The highest BCUT2D eigenvalue weighted by atomic mass is 35.5. The van der Waals surface area contributed by atoms with E-state index in [0.29, 0.717) is 17.6 Å². The van der Waals surface area contributed by atoms with Gasteiger partial charge in [0.1, 0.15) is 11.9 Å². The van der Waals surface area contributed by atoms with Gasteiger partial charge in [0.2, 0.25) is 0 Å². The first-order valence-corrected chi connectivity index (χ1v) is 10.3. The fraction of sp³-hybridized carbons (Fsp3) is 0.278. The highest BCUT2D eigenvalue weighted by Gasteiger charge is 2.26. The maximum atomic E-state index is 13.0. The summed E-state index contributed by atoms with van der Waals surface area (Å²) in [5, 5.41) is 18.4. The molecule has 29 heavy (non-hydrogen) atoms.